The van der Waals surface area contributed by atoms with Crippen molar-refractivity contribution in [1.29, 1.82) is 0 Å². The van der Waals surface area contributed by atoms with Crippen LogP contribution < -0.4 is 16.4 Å². The monoisotopic (exact) mass is 568 g/mol. The summed E-state index contributed by atoms with van der Waals surface area (Å²) in [6.45, 7) is 4.24. The molecular weight excluding hydrogens is 537 g/mol. The number of primary amides is 1. The number of allylic oxidation sites excluding steroid dienone is 2. The van der Waals surface area contributed by atoms with Gasteiger partial charge in [-0.1, -0.05) is 12.1 Å². The summed E-state index contributed by atoms with van der Waals surface area (Å²) in [5, 5.41) is 10.5. The zero-order chi connectivity index (χ0) is 29.4. The number of hydrogen-bond donors (Lipinski definition) is 3. The molecule has 1 aliphatic carbocycles. The summed E-state index contributed by atoms with van der Waals surface area (Å²) in [5.41, 5.74) is 5.41. The molecule has 4 N–H and O–H groups in total. The fourth-order valence-electron chi connectivity index (χ4n) is 5.22. The van der Waals surface area contributed by atoms with Crippen LogP contribution in [0, 0.1) is 6.92 Å². The summed E-state index contributed by atoms with van der Waals surface area (Å²) in [6, 6.07) is 7.15. The van der Waals surface area contributed by atoms with E-state index in [0.29, 0.717) is 55.0 Å². The second kappa shape index (κ2) is 10.9. The molecular formula is C27H31F3N10O. The normalized spacial score (nSPS) is 20.3. The average molecular weight is 569 g/mol. The van der Waals surface area contributed by atoms with Crippen LogP contribution in [0.1, 0.15) is 17.5 Å². The third-order valence-electron chi connectivity index (χ3n) is 7.55. The van der Waals surface area contributed by atoms with E-state index in [1.165, 1.54) is 23.4 Å². The predicted octanol–water partition coefficient (Wildman–Crippen LogP) is 2.90. The summed E-state index contributed by atoms with van der Waals surface area (Å²) >= 11 is 0. The van der Waals surface area contributed by atoms with Crippen molar-refractivity contribution in [1.82, 2.24) is 34.5 Å². The molecule has 216 valence electrons. The van der Waals surface area contributed by atoms with Crippen molar-refractivity contribution in [3.8, 4) is 5.82 Å². The Bertz CT molecular complexity index is 1510. The van der Waals surface area contributed by atoms with Crippen LogP contribution in [0.4, 0.5) is 30.6 Å². The van der Waals surface area contributed by atoms with Gasteiger partial charge in [0.2, 0.25) is 11.9 Å². The molecule has 1 atom stereocenters. The Balaban J connectivity index is 1.60. The number of alkyl halides is 3. The molecule has 0 saturated carbocycles. The molecule has 1 fully saturated rings. The fourth-order valence-corrected chi connectivity index (χ4v) is 5.22. The zero-order valence-corrected chi connectivity index (χ0v) is 22.9. The maximum atomic E-state index is 14.2. The molecule has 3 aromatic rings. The van der Waals surface area contributed by atoms with E-state index >= 15 is 0 Å². The molecule has 1 unspecified atom stereocenters. The van der Waals surface area contributed by atoms with Gasteiger partial charge in [0, 0.05) is 57.0 Å². The van der Waals surface area contributed by atoms with Crippen LogP contribution in [-0.2, 0) is 10.3 Å². The second-order valence-corrected chi connectivity index (χ2v) is 10.2. The zero-order valence-electron chi connectivity index (χ0n) is 22.9. The third kappa shape index (κ3) is 5.65. The lowest BCUT2D eigenvalue weighted by Crippen LogP contribution is -2.55. The van der Waals surface area contributed by atoms with Crippen LogP contribution in [0.3, 0.4) is 0 Å². The molecule has 2 aromatic heterocycles. The maximum absolute atomic E-state index is 14.2. The lowest BCUT2D eigenvalue weighted by atomic mass is 9.76. The summed E-state index contributed by atoms with van der Waals surface area (Å²) in [4.78, 5) is 29.2. The Morgan fingerprint density at radius 2 is 1.83 bits per heavy atom. The number of rotatable bonds is 7. The predicted molar refractivity (Wildman–Crippen MR) is 148 cm³/mol. The average Bonchev–Trinajstić information content (AvgIpc) is 3.42. The molecule has 1 saturated heterocycles. The third-order valence-corrected chi connectivity index (χ3v) is 7.55. The largest absolute Gasteiger partial charge is 0.416 e. The van der Waals surface area contributed by atoms with Crippen LogP contribution in [0.25, 0.3) is 5.82 Å². The number of carbonyl (C=O) groups excluding carboxylic acids is 1. The molecule has 0 bridgehead atoms. The summed E-state index contributed by atoms with van der Waals surface area (Å²) in [7, 11) is 3.71. The van der Waals surface area contributed by atoms with Crippen molar-refractivity contribution < 1.29 is 18.0 Å². The van der Waals surface area contributed by atoms with E-state index < -0.39 is 23.2 Å². The van der Waals surface area contributed by atoms with Gasteiger partial charge in [-0.2, -0.15) is 27.9 Å². The van der Waals surface area contributed by atoms with Crippen LogP contribution >= 0.6 is 0 Å². The van der Waals surface area contributed by atoms with Gasteiger partial charge in [0.25, 0.3) is 0 Å². The van der Waals surface area contributed by atoms with Crippen LogP contribution in [0.15, 0.2) is 60.2 Å². The van der Waals surface area contributed by atoms with E-state index in [2.05, 4.69) is 35.6 Å². The van der Waals surface area contributed by atoms with E-state index in [0.717, 1.165) is 11.6 Å². The minimum atomic E-state index is -4.66. The highest BCUT2D eigenvalue weighted by atomic mass is 19.4. The minimum Gasteiger partial charge on any atom is -0.373 e. The second-order valence-electron chi connectivity index (χ2n) is 10.2. The fraction of sp³-hybridized carbons (Fsp3) is 0.370. The number of nitrogens with zero attached hydrogens (tertiary/aromatic N) is 7. The molecule has 1 amide bonds. The number of likely N-dealkylation sites (N-methyl/N-ethyl adjacent to an activating group) is 1. The lowest BCUT2D eigenvalue weighted by Gasteiger charge is -2.48. The minimum absolute atomic E-state index is 0.0119. The van der Waals surface area contributed by atoms with Crippen LogP contribution in [-0.4, -0.2) is 86.9 Å². The number of aryl methyl sites for hydroxylation is 1. The van der Waals surface area contributed by atoms with Gasteiger partial charge < -0.3 is 21.3 Å². The van der Waals surface area contributed by atoms with Gasteiger partial charge in [0.05, 0.1) is 11.1 Å². The molecule has 1 aromatic carbocycles. The standard InChI is InChI=1S/C27H31F3N10O/c1-17-4-5-19(11-21(17)37-25-35-16-36-40(25)23-12-22(32-2)33-15-34-23)26(39-8-6-38(3)7-9-39)13-18(24(31)41)10-20(14-26)27(28,29)30/h4-5,10-12,14-16H,6-9,13H2,1-3H3,(H2,31,41)(H,32,33,34)(H,35,36,37). The Morgan fingerprint density at radius 1 is 1.07 bits per heavy atom. The molecule has 2 aliphatic rings. The van der Waals surface area contributed by atoms with Crippen molar-refractivity contribution in [2.24, 2.45) is 5.73 Å². The first-order valence-corrected chi connectivity index (χ1v) is 13.0. The number of hydrogen-bond acceptors (Lipinski definition) is 9. The highest BCUT2D eigenvalue weighted by molar-refractivity contribution is 5.93. The topological polar surface area (TPSA) is 130 Å². The molecule has 41 heavy (non-hydrogen) atoms. The van der Waals surface area contributed by atoms with Crippen molar-refractivity contribution in [2.75, 3.05) is 50.9 Å². The van der Waals surface area contributed by atoms with E-state index in [-0.39, 0.29) is 12.0 Å². The summed E-state index contributed by atoms with van der Waals surface area (Å²) < 4.78 is 44.1. The lowest BCUT2D eigenvalue weighted by molar-refractivity contribution is -0.115. The van der Waals surface area contributed by atoms with Crippen molar-refractivity contribution in [2.45, 2.75) is 25.1 Å². The first kappa shape index (κ1) is 28.2. The highest BCUT2D eigenvalue weighted by Crippen LogP contribution is 2.45. The number of amides is 1. The number of piperazine rings is 1. The Hall–Kier alpha value is -4.30. The number of nitrogens with one attached hydrogen (secondary N) is 2. The van der Waals surface area contributed by atoms with Gasteiger partial charge in [-0.15, -0.1) is 0 Å². The number of benzene rings is 1. The summed E-state index contributed by atoms with van der Waals surface area (Å²) in [6.07, 6.45) is 0.228. The van der Waals surface area contributed by atoms with Gasteiger partial charge in [-0.3, -0.25) is 9.69 Å². The molecule has 14 heteroatoms. The quantitative estimate of drug-likeness (QED) is 0.394. The molecule has 0 radical (unpaired) electrons. The van der Waals surface area contributed by atoms with Gasteiger partial charge in [-0.05, 0) is 43.3 Å². The van der Waals surface area contributed by atoms with Crippen molar-refractivity contribution in [3.63, 3.8) is 0 Å². The summed E-state index contributed by atoms with van der Waals surface area (Å²) in [5.74, 6) is 0.537. The van der Waals surface area contributed by atoms with E-state index in [1.54, 1.807) is 19.2 Å². The molecule has 5 rings (SSSR count). The smallest absolute Gasteiger partial charge is 0.373 e. The molecule has 3 heterocycles. The number of nitrogens with two attached hydrogens (primary N) is 1. The van der Waals surface area contributed by atoms with Gasteiger partial charge >= 0.3 is 6.18 Å². The van der Waals surface area contributed by atoms with Gasteiger partial charge in [0.15, 0.2) is 5.82 Å². The van der Waals surface area contributed by atoms with Gasteiger partial charge in [-0.25, -0.2) is 9.97 Å². The van der Waals surface area contributed by atoms with Crippen molar-refractivity contribution in [3.05, 3.63) is 71.3 Å². The van der Waals surface area contributed by atoms with E-state index in [4.69, 9.17) is 5.73 Å². The Morgan fingerprint density at radius 3 is 2.51 bits per heavy atom. The van der Waals surface area contributed by atoms with Crippen LogP contribution in [0.2, 0.25) is 0 Å². The van der Waals surface area contributed by atoms with E-state index in [1.807, 2.05) is 31.0 Å². The maximum Gasteiger partial charge on any atom is 0.416 e. The van der Waals surface area contributed by atoms with Crippen LogP contribution in [0.5, 0.6) is 0 Å². The van der Waals surface area contributed by atoms with Gasteiger partial charge in [0.1, 0.15) is 18.5 Å². The number of halogens is 3. The number of carbonyl (C=O) groups is 1. The first-order chi connectivity index (χ1) is 19.5. The Labute approximate surface area is 235 Å². The molecule has 0 spiro atoms. The Kier molecular flexibility index (Phi) is 7.53. The number of aromatic nitrogens is 5. The highest BCUT2D eigenvalue weighted by Gasteiger charge is 2.46. The SMILES string of the molecule is CNc1cc(-n2ncnc2Nc2cc(C3(N4CCN(C)CC4)C=C(C(F)(F)F)C=C(C(N)=O)C3)ccc2C)ncn1. The first-order valence-electron chi connectivity index (χ1n) is 13.0. The van der Waals surface area contributed by atoms with Crippen molar-refractivity contribution >= 4 is 23.4 Å². The van der Waals surface area contributed by atoms with E-state index in [9.17, 15) is 18.0 Å². The molecule has 1 aliphatic heterocycles. The number of anilines is 3. The molecule has 11 nitrogen and oxygen atoms in total.